The summed E-state index contributed by atoms with van der Waals surface area (Å²) in [5.41, 5.74) is -0.755. The minimum absolute atomic E-state index is 0.0320. The van der Waals surface area contributed by atoms with Gasteiger partial charge in [-0.25, -0.2) is 0 Å². The highest BCUT2D eigenvalue weighted by Crippen LogP contribution is 2.38. The van der Waals surface area contributed by atoms with Gasteiger partial charge in [0.25, 0.3) is 5.91 Å². The molecule has 2 heterocycles. The number of thiocarbonyl (C=S) groups is 1. The number of carbonyl (C=O) groups is 1. The summed E-state index contributed by atoms with van der Waals surface area (Å²) in [5.74, 6) is 0.288. The Kier molecular flexibility index (Phi) is 7.81. The molecule has 1 aromatic carbocycles. The highest BCUT2D eigenvalue weighted by molar-refractivity contribution is 7.80. The first-order valence-electron chi connectivity index (χ1n) is 11.8. The molecule has 38 heavy (non-hydrogen) atoms. The molecule has 1 atom stereocenters. The van der Waals surface area contributed by atoms with Crippen LogP contribution in [0.4, 0.5) is 18.9 Å². The molecule has 1 fully saturated rings. The lowest BCUT2D eigenvalue weighted by Gasteiger charge is -2.29. The third kappa shape index (κ3) is 5.40. The van der Waals surface area contributed by atoms with Crippen LogP contribution >= 0.6 is 23.8 Å². The molecule has 1 unspecified atom stereocenters. The van der Waals surface area contributed by atoms with Gasteiger partial charge in [-0.3, -0.25) is 14.7 Å². The van der Waals surface area contributed by atoms with Gasteiger partial charge in [-0.05, 0) is 80.0 Å². The summed E-state index contributed by atoms with van der Waals surface area (Å²) in [6.45, 7) is 4.03. The van der Waals surface area contributed by atoms with Gasteiger partial charge >= 0.3 is 6.18 Å². The number of rotatable bonds is 7. The van der Waals surface area contributed by atoms with E-state index >= 15 is 0 Å². The van der Waals surface area contributed by atoms with E-state index in [4.69, 9.17) is 33.8 Å². The maximum atomic E-state index is 13.5. The summed E-state index contributed by atoms with van der Waals surface area (Å²) < 4.78 is 46.4. The molecule has 1 aromatic heterocycles. The van der Waals surface area contributed by atoms with Crippen molar-refractivity contribution >= 4 is 46.1 Å². The first-order valence-corrected chi connectivity index (χ1v) is 12.6. The number of carbonyl (C=O) groups excluding carboxylic acids is 1. The molecule has 1 saturated heterocycles. The van der Waals surface area contributed by atoms with Crippen molar-refractivity contribution in [3.63, 3.8) is 0 Å². The zero-order valence-electron chi connectivity index (χ0n) is 20.6. The molecule has 0 bridgehead atoms. The van der Waals surface area contributed by atoms with Crippen LogP contribution in [0.1, 0.15) is 43.4 Å². The number of aromatic nitrogens is 1. The van der Waals surface area contributed by atoms with Crippen LogP contribution in [0.5, 0.6) is 0 Å². The van der Waals surface area contributed by atoms with Crippen LogP contribution in [0.2, 0.25) is 0 Å². The summed E-state index contributed by atoms with van der Waals surface area (Å²) >= 11 is 12.1. The molecule has 198 valence electrons. The van der Waals surface area contributed by atoms with Crippen molar-refractivity contribution in [1.29, 1.82) is 5.26 Å². The third-order valence-corrected chi connectivity index (χ3v) is 7.30. The fourth-order valence-electron chi connectivity index (χ4n) is 4.44. The average molecular weight is 561 g/mol. The predicted octanol–water partition coefficient (Wildman–Crippen LogP) is 6.07. The van der Waals surface area contributed by atoms with Crippen molar-refractivity contribution < 1.29 is 22.7 Å². The van der Waals surface area contributed by atoms with Crippen LogP contribution in [0.3, 0.4) is 0 Å². The van der Waals surface area contributed by atoms with Gasteiger partial charge in [0, 0.05) is 25.4 Å². The Labute approximate surface area is 229 Å². The molecule has 0 N–H and O–H groups in total. The number of hydrogen-bond acceptors (Lipinski definition) is 5. The Morgan fingerprint density at radius 2 is 1.95 bits per heavy atom. The van der Waals surface area contributed by atoms with Gasteiger partial charge in [0.15, 0.2) is 5.11 Å². The van der Waals surface area contributed by atoms with Crippen molar-refractivity contribution in [2.75, 3.05) is 18.1 Å². The second kappa shape index (κ2) is 10.8. The lowest BCUT2D eigenvalue weighted by Crippen LogP contribution is -2.44. The topological polar surface area (TPSA) is 69.5 Å². The van der Waals surface area contributed by atoms with E-state index in [1.54, 1.807) is 37.2 Å². The van der Waals surface area contributed by atoms with Gasteiger partial charge in [0.2, 0.25) is 0 Å². The van der Waals surface area contributed by atoms with Gasteiger partial charge in [0.05, 0.1) is 40.6 Å². The number of nitriles is 1. The van der Waals surface area contributed by atoms with Gasteiger partial charge in [-0.15, -0.1) is 11.6 Å². The van der Waals surface area contributed by atoms with E-state index in [-0.39, 0.29) is 16.2 Å². The molecular weight excluding hydrogens is 537 g/mol. The van der Waals surface area contributed by atoms with Crippen LogP contribution < -0.4 is 4.90 Å². The summed E-state index contributed by atoms with van der Waals surface area (Å²) in [5, 5.41) is 8.92. The number of allylic oxidation sites excluding steroid dienone is 4. The first-order chi connectivity index (χ1) is 17.9. The van der Waals surface area contributed by atoms with Gasteiger partial charge in [0.1, 0.15) is 5.54 Å². The molecule has 1 aliphatic heterocycles. The Balaban J connectivity index is 1.42. The first kappa shape index (κ1) is 27.6. The van der Waals surface area contributed by atoms with E-state index in [0.717, 1.165) is 33.9 Å². The highest BCUT2D eigenvalue weighted by atomic mass is 35.5. The van der Waals surface area contributed by atoms with Crippen LogP contribution in [0, 0.1) is 11.3 Å². The smallest absolute Gasteiger partial charge is 0.417 e. The fraction of sp³-hybridized carbons (Fsp3) is 0.333. The number of benzene rings is 1. The van der Waals surface area contributed by atoms with E-state index < -0.39 is 28.7 Å². The molecule has 2 aliphatic rings. The lowest BCUT2D eigenvalue weighted by molar-refractivity contribution is -0.137. The van der Waals surface area contributed by atoms with E-state index in [2.05, 4.69) is 4.98 Å². The number of anilines is 1. The largest absolute Gasteiger partial charge is 0.498 e. The normalized spacial score (nSPS) is 19.2. The lowest BCUT2D eigenvalue weighted by atomic mass is 9.97. The fourth-order valence-corrected chi connectivity index (χ4v) is 5.30. The summed E-state index contributed by atoms with van der Waals surface area (Å²) in [6, 6.07) is 8.47. The second-order valence-electron chi connectivity index (χ2n) is 9.34. The van der Waals surface area contributed by atoms with Crippen LogP contribution in [0.15, 0.2) is 60.6 Å². The van der Waals surface area contributed by atoms with Gasteiger partial charge in [-0.1, -0.05) is 6.08 Å². The third-order valence-electron chi connectivity index (χ3n) is 6.50. The summed E-state index contributed by atoms with van der Waals surface area (Å²) in [6.07, 6.45) is 3.51. The Morgan fingerprint density at radius 3 is 2.58 bits per heavy atom. The number of pyridine rings is 1. The van der Waals surface area contributed by atoms with Crippen LogP contribution in [0.25, 0.3) is 5.57 Å². The molecule has 0 spiro atoms. The highest BCUT2D eigenvalue weighted by Gasteiger charge is 2.49. The minimum atomic E-state index is -4.75. The average Bonchev–Trinajstić information content (AvgIpc) is 3.05. The predicted molar refractivity (Wildman–Crippen MR) is 142 cm³/mol. The van der Waals surface area contributed by atoms with E-state index in [0.29, 0.717) is 26.0 Å². The second-order valence-corrected chi connectivity index (χ2v) is 10.2. The number of amides is 1. The Morgan fingerprint density at radius 1 is 1.24 bits per heavy atom. The zero-order valence-corrected chi connectivity index (χ0v) is 22.2. The molecule has 2 aromatic rings. The van der Waals surface area contributed by atoms with Crippen molar-refractivity contribution in [3.8, 4) is 6.07 Å². The van der Waals surface area contributed by atoms with Gasteiger partial charge in [-0.2, -0.15) is 18.4 Å². The van der Waals surface area contributed by atoms with Crippen molar-refractivity contribution in [1.82, 2.24) is 9.88 Å². The van der Waals surface area contributed by atoms with Gasteiger partial charge < -0.3 is 9.64 Å². The zero-order chi connectivity index (χ0) is 27.7. The molecule has 1 amide bonds. The molecule has 0 radical (unpaired) electrons. The summed E-state index contributed by atoms with van der Waals surface area (Å²) in [4.78, 5) is 20.0. The molecule has 1 aliphatic carbocycles. The molecule has 6 nitrogen and oxygen atoms in total. The maximum Gasteiger partial charge on any atom is 0.417 e. The number of ether oxygens (including phenoxy) is 1. The van der Waals surface area contributed by atoms with Crippen molar-refractivity contribution in [3.05, 3.63) is 77.3 Å². The maximum absolute atomic E-state index is 13.5. The van der Waals surface area contributed by atoms with E-state index in [1.165, 1.54) is 6.07 Å². The summed E-state index contributed by atoms with van der Waals surface area (Å²) in [7, 11) is 0. The Bertz CT molecular complexity index is 1350. The van der Waals surface area contributed by atoms with Crippen molar-refractivity contribution in [2.45, 2.75) is 43.8 Å². The number of alkyl halides is 4. The number of hydrogen-bond donors (Lipinski definition) is 0. The molecular formula is C27H24ClF3N4O2S. The molecule has 11 heteroatoms. The minimum Gasteiger partial charge on any atom is -0.498 e. The van der Waals surface area contributed by atoms with Crippen molar-refractivity contribution in [2.24, 2.45) is 0 Å². The van der Waals surface area contributed by atoms with E-state index in [1.807, 2.05) is 24.3 Å². The Hall–Kier alpha value is -3.42. The monoisotopic (exact) mass is 560 g/mol. The molecule has 4 rings (SSSR count). The number of nitrogens with zero attached hydrogens (tertiary/aromatic N) is 4. The van der Waals surface area contributed by atoms with E-state index in [9.17, 15) is 18.0 Å². The number of halogens is 4. The van der Waals surface area contributed by atoms with Crippen LogP contribution in [-0.4, -0.2) is 45.0 Å². The van der Waals surface area contributed by atoms with Crippen LogP contribution in [-0.2, 0) is 15.7 Å². The SMILES string of the molecule is CC1(C)C(=O)N(c2ccc(C#N)c(C(F)(F)F)c2)C(=S)N1CCCOC1=CC=C(c2ccncc2)C(Cl)C1. The standard InChI is InChI=1S/C27H24ClF3N4O2S/c1-26(2)24(36)35(19-5-4-18(16-32)22(14-19)27(29,30)31)25(38)34(26)12-3-13-37-20-6-7-21(23(28)15-20)17-8-10-33-11-9-17/h4-11,14,23H,3,12-13,15H2,1-2H3. The molecule has 0 saturated carbocycles. The quantitative estimate of drug-likeness (QED) is 0.233.